The number of allylic oxidation sites excluding steroid dienone is 14. The number of carbonyl (C=O) groups excluding carboxylic acids is 3. The Morgan fingerprint density at radius 3 is 1.27 bits per heavy atom. The average Bonchev–Trinajstić information content (AvgIpc) is 3.46. The van der Waals surface area contributed by atoms with Gasteiger partial charge in [-0.2, -0.15) is 0 Å². The zero-order valence-electron chi connectivity index (χ0n) is 49.8. The highest BCUT2D eigenvalue weighted by Crippen LogP contribution is 2.26. The van der Waals surface area contributed by atoms with Gasteiger partial charge in [-0.15, -0.1) is 0 Å². The second kappa shape index (κ2) is 54.5. The number of carboxylic acids is 1. The van der Waals surface area contributed by atoms with Gasteiger partial charge in [0, 0.05) is 19.3 Å². The Hall–Kier alpha value is -4.10. The van der Waals surface area contributed by atoms with Gasteiger partial charge in [-0.05, 0) is 96.3 Å². The van der Waals surface area contributed by atoms with Crippen LogP contribution in [0.2, 0.25) is 0 Å². The van der Waals surface area contributed by atoms with Crippen LogP contribution < -0.4 is 0 Å². The Bertz CT molecular complexity index is 1700. The molecule has 1 rings (SSSR count). The maximum absolute atomic E-state index is 13.2. The van der Waals surface area contributed by atoms with Gasteiger partial charge in [0.15, 0.2) is 24.6 Å². The molecule has 6 atom stereocenters. The smallest absolute Gasteiger partial charge is 0.335 e. The molecule has 0 spiro atoms. The molecule has 452 valence electrons. The number of rotatable bonds is 53. The molecule has 0 radical (unpaired) electrons. The lowest BCUT2D eigenvalue weighted by molar-refractivity contribution is -0.301. The molecule has 3 N–H and O–H groups in total. The van der Waals surface area contributed by atoms with Crippen molar-refractivity contribution in [1.29, 1.82) is 0 Å². The molecule has 0 aromatic heterocycles. The highest BCUT2D eigenvalue weighted by atomic mass is 16.7. The number of hydrogen-bond donors (Lipinski definition) is 3. The molecule has 1 saturated heterocycles. The van der Waals surface area contributed by atoms with Crippen molar-refractivity contribution in [3.05, 3.63) is 85.1 Å². The zero-order valence-corrected chi connectivity index (χ0v) is 49.8. The van der Waals surface area contributed by atoms with Crippen molar-refractivity contribution in [3.63, 3.8) is 0 Å². The quantitative estimate of drug-likeness (QED) is 0.0228. The second-order valence-electron chi connectivity index (χ2n) is 21.3. The third-order valence-electron chi connectivity index (χ3n) is 14.0. The Morgan fingerprint density at radius 1 is 0.430 bits per heavy atom. The van der Waals surface area contributed by atoms with Crippen LogP contribution in [0.15, 0.2) is 85.1 Å². The van der Waals surface area contributed by atoms with Gasteiger partial charge < -0.3 is 39.0 Å². The van der Waals surface area contributed by atoms with Crippen molar-refractivity contribution >= 4 is 23.9 Å². The summed E-state index contributed by atoms with van der Waals surface area (Å²) in [6.45, 7) is 5.82. The molecule has 1 aliphatic rings. The van der Waals surface area contributed by atoms with Gasteiger partial charge in [-0.25, -0.2) is 4.79 Å². The van der Waals surface area contributed by atoms with Crippen LogP contribution >= 0.6 is 0 Å². The molecule has 1 heterocycles. The summed E-state index contributed by atoms with van der Waals surface area (Å²) in [5.74, 6) is -3.19. The van der Waals surface area contributed by atoms with E-state index in [2.05, 4.69) is 106 Å². The second-order valence-corrected chi connectivity index (χ2v) is 21.3. The van der Waals surface area contributed by atoms with Crippen LogP contribution in [0.3, 0.4) is 0 Å². The van der Waals surface area contributed by atoms with Crippen LogP contribution in [0.5, 0.6) is 0 Å². The molecule has 79 heavy (non-hydrogen) atoms. The van der Waals surface area contributed by atoms with Crippen molar-refractivity contribution in [2.75, 3.05) is 13.2 Å². The van der Waals surface area contributed by atoms with Crippen LogP contribution in [0.1, 0.15) is 265 Å². The Labute approximate surface area is 480 Å². The van der Waals surface area contributed by atoms with Gasteiger partial charge >= 0.3 is 23.9 Å². The van der Waals surface area contributed by atoms with E-state index in [9.17, 15) is 34.5 Å². The van der Waals surface area contributed by atoms with Crippen LogP contribution in [-0.4, -0.2) is 89.2 Å². The van der Waals surface area contributed by atoms with E-state index in [1.54, 1.807) is 0 Å². The highest BCUT2D eigenvalue weighted by Gasteiger charge is 2.50. The van der Waals surface area contributed by atoms with Gasteiger partial charge in [0.05, 0.1) is 6.61 Å². The van der Waals surface area contributed by atoms with E-state index in [1.807, 2.05) is 0 Å². The van der Waals surface area contributed by atoms with Gasteiger partial charge in [-0.3, -0.25) is 14.4 Å². The number of aliphatic hydroxyl groups excluding tert-OH is 2. The number of carboxylic acid groups (broad SMARTS) is 1. The van der Waals surface area contributed by atoms with E-state index in [0.29, 0.717) is 19.3 Å². The van der Waals surface area contributed by atoms with E-state index in [1.165, 1.54) is 89.9 Å². The molecule has 0 aromatic rings. The largest absolute Gasteiger partial charge is 0.479 e. The number of aliphatic carboxylic acids is 1. The molecule has 0 aromatic carbocycles. The molecule has 0 aliphatic carbocycles. The number of esters is 3. The van der Waals surface area contributed by atoms with Gasteiger partial charge in [0.1, 0.15) is 18.8 Å². The first-order valence-corrected chi connectivity index (χ1v) is 31.6. The molecule has 0 bridgehead atoms. The van der Waals surface area contributed by atoms with Gasteiger partial charge in [-0.1, -0.05) is 234 Å². The lowest BCUT2D eigenvalue weighted by atomic mass is 9.98. The van der Waals surface area contributed by atoms with Crippen molar-refractivity contribution < 1.29 is 58.2 Å². The highest BCUT2D eigenvalue weighted by molar-refractivity contribution is 5.74. The molecular weight excluding hydrogens is 997 g/mol. The normalized spacial score (nSPS) is 18.4. The number of carbonyl (C=O) groups is 4. The summed E-state index contributed by atoms with van der Waals surface area (Å²) in [4.78, 5) is 51.2. The maximum Gasteiger partial charge on any atom is 0.335 e. The lowest BCUT2D eigenvalue weighted by Gasteiger charge is -2.40. The summed E-state index contributed by atoms with van der Waals surface area (Å²) in [5, 5.41) is 31.5. The zero-order chi connectivity index (χ0) is 57.5. The van der Waals surface area contributed by atoms with E-state index < -0.39 is 67.3 Å². The summed E-state index contributed by atoms with van der Waals surface area (Å²) < 4.78 is 28.4. The molecular formula is C67H112O12. The fraction of sp³-hybridized carbons (Fsp3) is 0.731. The SMILES string of the molecule is CC/C=C\C/C=C\C/C=C\C/C=C\CCCCC(=O)OC(COC(=O)CCCCCCCC/C=C\C/C=C\C/C=C\CCCCC)COC1OC(C(=O)O)C(O)C(O)C1OC(=O)CCCCCCCCCCCCCCCCC. The Morgan fingerprint density at radius 2 is 0.797 bits per heavy atom. The molecule has 12 heteroatoms. The Kier molecular flexibility index (Phi) is 50.3. The molecule has 0 saturated carbocycles. The summed E-state index contributed by atoms with van der Waals surface area (Å²) >= 11 is 0. The fourth-order valence-corrected chi connectivity index (χ4v) is 9.13. The standard InChI is InChI=1S/C67H112O12/c1-4-7-10-13-16-19-22-25-28-29-30-31-34-35-38-41-44-47-50-53-59(68)75-56-58(77-60(69)54-51-48-45-42-39-36-32-26-23-20-17-14-11-8-5-2)57-76-67-65(63(72)62(71)64(79-67)66(73)74)78-61(70)55-52-49-46-43-40-37-33-27-24-21-18-15-12-9-6-3/h8,11,16-17,19-20,25-26,28,30-32,39,42,58,62-65,67,71-72H,4-7,9-10,12-15,18,21-24,27,29,33-38,40-41,43-57H2,1-3H3,(H,73,74)/b11-8-,19-16-,20-17-,28-25-,31-30-,32-26-,42-39-. The predicted octanol–water partition coefficient (Wildman–Crippen LogP) is 16.7. The fourth-order valence-electron chi connectivity index (χ4n) is 9.13. The van der Waals surface area contributed by atoms with E-state index in [0.717, 1.165) is 116 Å². The lowest BCUT2D eigenvalue weighted by Crippen LogP contribution is -2.61. The van der Waals surface area contributed by atoms with Crippen molar-refractivity contribution in [2.45, 2.75) is 302 Å². The van der Waals surface area contributed by atoms with Crippen molar-refractivity contribution in [3.8, 4) is 0 Å². The summed E-state index contributed by atoms with van der Waals surface area (Å²) in [6, 6.07) is 0. The predicted molar refractivity (Wildman–Crippen MR) is 321 cm³/mol. The summed E-state index contributed by atoms with van der Waals surface area (Å²) in [7, 11) is 0. The topological polar surface area (TPSA) is 175 Å². The van der Waals surface area contributed by atoms with Crippen molar-refractivity contribution in [2.24, 2.45) is 0 Å². The van der Waals surface area contributed by atoms with Crippen LogP contribution in [0, 0.1) is 0 Å². The van der Waals surface area contributed by atoms with E-state index in [4.69, 9.17) is 23.7 Å². The molecule has 1 aliphatic heterocycles. The third kappa shape index (κ3) is 44.3. The van der Waals surface area contributed by atoms with Crippen LogP contribution in [0.4, 0.5) is 0 Å². The summed E-state index contributed by atoms with van der Waals surface area (Å²) in [6.07, 6.45) is 58.3. The molecule has 6 unspecified atom stereocenters. The molecule has 0 amide bonds. The number of unbranched alkanes of at least 4 members (excludes halogenated alkanes) is 25. The molecule has 12 nitrogen and oxygen atoms in total. The minimum Gasteiger partial charge on any atom is -0.479 e. The first-order chi connectivity index (χ1) is 38.6. The third-order valence-corrected chi connectivity index (χ3v) is 14.0. The summed E-state index contributed by atoms with van der Waals surface area (Å²) in [5.41, 5.74) is 0. The van der Waals surface area contributed by atoms with E-state index >= 15 is 0 Å². The first-order valence-electron chi connectivity index (χ1n) is 31.6. The minimum atomic E-state index is -1.91. The number of aliphatic hydroxyl groups is 2. The maximum atomic E-state index is 13.2. The van der Waals surface area contributed by atoms with E-state index in [-0.39, 0.29) is 25.9 Å². The average molecular weight is 1110 g/mol. The molecule has 1 fully saturated rings. The Balaban J connectivity index is 2.70. The van der Waals surface area contributed by atoms with Crippen LogP contribution in [0.25, 0.3) is 0 Å². The van der Waals surface area contributed by atoms with Crippen molar-refractivity contribution in [1.82, 2.24) is 0 Å². The minimum absolute atomic E-state index is 0.0545. The van der Waals surface area contributed by atoms with Gasteiger partial charge in [0.25, 0.3) is 0 Å². The monoisotopic (exact) mass is 1110 g/mol. The number of ether oxygens (including phenoxy) is 5. The van der Waals surface area contributed by atoms with Crippen LogP contribution in [-0.2, 0) is 42.9 Å². The first kappa shape index (κ1) is 72.9. The number of hydrogen-bond acceptors (Lipinski definition) is 11. The van der Waals surface area contributed by atoms with Gasteiger partial charge in [0.2, 0.25) is 0 Å².